The van der Waals surface area contributed by atoms with E-state index in [2.05, 4.69) is 5.32 Å². The molecule has 0 unspecified atom stereocenters. The first kappa shape index (κ1) is 17.1. The minimum atomic E-state index is -0.801. The molecule has 0 atom stereocenters. The van der Waals surface area contributed by atoms with Gasteiger partial charge in [0.05, 0.1) is 17.0 Å². The highest BCUT2D eigenvalue weighted by Gasteiger charge is 2.35. The molecule has 2 aliphatic rings. The number of hydrogen-bond donors (Lipinski definition) is 2. The number of rotatable bonds is 5. The molecular formula is C18H20N2O5. The van der Waals surface area contributed by atoms with E-state index in [9.17, 15) is 19.2 Å². The number of carbonyl (C=O) groups excluding carboxylic acids is 3. The molecule has 25 heavy (non-hydrogen) atoms. The van der Waals surface area contributed by atoms with Crippen molar-refractivity contribution in [3.05, 3.63) is 35.4 Å². The zero-order valence-corrected chi connectivity index (χ0v) is 13.7. The maximum Gasteiger partial charge on any atom is 0.306 e. The van der Waals surface area contributed by atoms with Gasteiger partial charge in [-0.3, -0.25) is 24.1 Å². The Morgan fingerprint density at radius 1 is 1.00 bits per heavy atom. The minimum Gasteiger partial charge on any atom is -0.481 e. The second-order valence-electron chi connectivity index (χ2n) is 6.49. The van der Waals surface area contributed by atoms with E-state index in [4.69, 9.17) is 5.11 Å². The van der Waals surface area contributed by atoms with Crippen molar-refractivity contribution >= 4 is 23.7 Å². The second-order valence-corrected chi connectivity index (χ2v) is 6.49. The summed E-state index contributed by atoms with van der Waals surface area (Å²) in [4.78, 5) is 48.7. The van der Waals surface area contributed by atoms with E-state index in [0.29, 0.717) is 36.8 Å². The van der Waals surface area contributed by atoms with Crippen LogP contribution in [0.3, 0.4) is 0 Å². The molecule has 3 rings (SSSR count). The monoisotopic (exact) mass is 344 g/mol. The van der Waals surface area contributed by atoms with Gasteiger partial charge in [0.1, 0.15) is 0 Å². The Morgan fingerprint density at radius 2 is 1.52 bits per heavy atom. The lowest BCUT2D eigenvalue weighted by molar-refractivity contribution is -0.144. The molecule has 1 aliphatic carbocycles. The zero-order valence-electron chi connectivity index (χ0n) is 13.7. The summed E-state index contributed by atoms with van der Waals surface area (Å²) in [7, 11) is 0. The van der Waals surface area contributed by atoms with Gasteiger partial charge in [-0.1, -0.05) is 12.1 Å². The maximum atomic E-state index is 12.2. The highest BCUT2D eigenvalue weighted by atomic mass is 16.4. The Bertz CT molecular complexity index is 687. The summed E-state index contributed by atoms with van der Waals surface area (Å²) in [6.45, 7) is 0.325. The Kier molecular flexibility index (Phi) is 4.83. The average Bonchev–Trinajstić information content (AvgIpc) is 2.87. The number of fused-ring (bicyclic) bond motifs is 1. The van der Waals surface area contributed by atoms with E-state index in [0.717, 1.165) is 4.90 Å². The number of amides is 3. The number of nitrogens with zero attached hydrogens (tertiary/aromatic N) is 1. The predicted octanol–water partition coefficient (Wildman–Crippen LogP) is 1.29. The fourth-order valence-corrected chi connectivity index (χ4v) is 3.48. The predicted molar refractivity (Wildman–Crippen MR) is 87.9 cm³/mol. The molecule has 0 saturated heterocycles. The van der Waals surface area contributed by atoms with Crippen LogP contribution in [0.25, 0.3) is 0 Å². The lowest BCUT2D eigenvalue weighted by Gasteiger charge is -2.25. The zero-order chi connectivity index (χ0) is 18.0. The van der Waals surface area contributed by atoms with E-state index in [1.54, 1.807) is 24.3 Å². The van der Waals surface area contributed by atoms with Gasteiger partial charge in [-0.25, -0.2) is 0 Å². The molecule has 1 heterocycles. The molecule has 0 bridgehead atoms. The Balaban J connectivity index is 1.48. The van der Waals surface area contributed by atoms with Gasteiger partial charge in [0.25, 0.3) is 11.8 Å². The summed E-state index contributed by atoms with van der Waals surface area (Å²) >= 11 is 0. The van der Waals surface area contributed by atoms with Crippen molar-refractivity contribution in [2.75, 3.05) is 13.1 Å². The lowest BCUT2D eigenvalue weighted by atomic mass is 9.81. The maximum absolute atomic E-state index is 12.2. The Hall–Kier alpha value is -2.70. The summed E-state index contributed by atoms with van der Waals surface area (Å²) < 4.78 is 0. The third kappa shape index (κ3) is 3.40. The molecule has 1 aliphatic heterocycles. The highest BCUT2D eigenvalue weighted by Crippen LogP contribution is 2.29. The van der Waals surface area contributed by atoms with Gasteiger partial charge in [0.15, 0.2) is 0 Å². The van der Waals surface area contributed by atoms with Gasteiger partial charge in [0, 0.05) is 19.0 Å². The van der Waals surface area contributed by atoms with Crippen molar-refractivity contribution in [1.29, 1.82) is 0 Å². The third-order valence-electron chi connectivity index (χ3n) is 4.96. The van der Waals surface area contributed by atoms with Gasteiger partial charge in [-0.2, -0.15) is 0 Å². The largest absolute Gasteiger partial charge is 0.481 e. The van der Waals surface area contributed by atoms with Crippen LogP contribution in [0.2, 0.25) is 0 Å². The van der Waals surface area contributed by atoms with Crippen molar-refractivity contribution in [3.8, 4) is 0 Å². The number of nitrogens with one attached hydrogen (secondary N) is 1. The number of imide groups is 1. The topological polar surface area (TPSA) is 104 Å². The fourth-order valence-electron chi connectivity index (χ4n) is 3.48. The second kappa shape index (κ2) is 7.04. The van der Waals surface area contributed by atoms with Gasteiger partial charge >= 0.3 is 5.97 Å². The van der Waals surface area contributed by atoms with Gasteiger partial charge in [0.2, 0.25) is 5.91 Å². The Morgan fingerprint density at radius 3 is 2.04 bits per heavy atom. The fraction of sp³-hybridized carbons (Fsp3) is 0.444. The number of hydrogen-bond acceptors (Lipinski definition) is 4. The van der Waals surface area contributed by atoms with Crippen LogP contribution in [0.4, 0.5) is 0 Å². The summed E-state index contributed by atoms with van der Waals surface area (Å²) in [5.41, 5.74) is 0.789. The van der Waals surface area contributed by atoms with Gasteiger partial charge < -0.3 is 10.4 Å². The standard InChI is InChI=1S/C18H20N2O5/c21-15(11-5-7-12(8-6-11)18(24)25)19-9-10-20-16(22)13-3-1-2-4-14(13)17(20)23/h1-4,11-12H,5-10H2,(H,19,21)(H,24,25). The molecular weight excluding hydrogens is 324 g/mol. The number of carboxylic acid groups (broad SMARTS) is 1. The quantitative estimate of drug-likeness (QED) is 0.783. The molecule has 0 aromatic heterocycles. The van der Waals surface area contributed by atoms with Crippen molar-refractivity contribution in [3.63, 3.8) is 0 Å². The van der Waals surface area contributed by atoms with E-state index in [1.807, 2.05) is 0 Å². The van der Waals surface area contributed by atoms with Crippen LogP contribution < -0.4 is 5.32 Å². The van der Waals surface area contributed by atoms with Crippen molar-refractivity contribution in [2.24, 2.45) is 11.8 Å². The number of carboxylic acids is 1. The molecule has 1 saturated carbocycles. The van der Waals surface area contributed by atoms with Crippen LogP contribution >= 0.6 is 0 Å². The summed E-state index contributed by atoms with van der Waals surface area (Å²) in [5, 5.41) is 11.7. The summed E-state index contributed by atoms with van der Waals surface area (Å²) in [6, 6.07) is 6.66. The van der Waals surface area contributed by atoms with Crippen LogP contribution in [0.15, 0.2) is 24.3 Å². The summed E-state index contributed by atoms with van der Waals surface area (Å²) in [6.07, 6.45) is 2.11. The average molecular weight is 344 g/mol. The molecule has 1 aromatic carbocycles. The van der Waals surface area contributed by atoms with Gasteiger partial charge in [-0.15, -0.1) is 0 Å². The first-order valence-corrected chi connectivity index (χ1v) is 8.44. The first-order chi connectivity index (χ1) is 12.0. The molecule has 7 nitrogen and oxygen atoms in total. The van der Waals surface area contributed by atoms with Crippen LogP contribution in [0.1, 0.15) is 46.4 Å². The normalized spacial score (nSPS) is 22.6. The van der Waals surface area contributed by atoms with Crippen molar-refractivity contribution in [1.82, 2.24) is 10.2 Å². The number of benzene rings is 1. The van der Waals surface area contributed by atoms with Crippen LogP contribution in [-0.4, -0.2) is 46.8 Å². The SMILES string of the molecule is O=C(O)C1CCC(C(=O)NCCN2C(=O)c3ccccc3C2=O)CC1. The van der Waals surface area contributed by atoms with E-state index >= 15 is 0 Å². The molecule has 2 N–H and O–H groups in total. The smallest absolute Gasteiger partial charge is 0.306 e. The molecule has 132 valence electrons. The van der Waals surface area contributed by atoms with E-state index < -0.39 is 5.97 Å². The molecule has 1 fully saturated rings. The molecule has 0 radical (unpaired) electrons. The minimum absolute atomic E-state index is 0.128. The summed E-state index contributed by atoms with van der Waals surface area (Å²) in [5.74, 6) is -2.17. The molecule has 0 spiro atoms. The van der Waals surface area contributed by atoms with Crippen molar-refractivity contribution in [2.45, 2.75) is 25.7 Å². The molecule has 1 aromatic rings. The van der Waals surface area contributed by atoms with E-state index in [-0.39, 0.29) is 42.6 Å². The van der Waals surface area contributed by atoms with Crippen LogP contribution in [-0.2, 0) is 9.59 Å². The molecule has 7 heteroatoms. The third-order valence-corrected chi connectivity index (χ3v) is 4.96. The first-order valence-electron chi connectivity index (χ1n) is 8.44. The van der Waals surface area contributed by atoms with E-state index in [1.165, 1.54) is 0 Å². The van der Waals surface area contributed by atoms with Gasteiger partial charge in [-0.05, 0) is 37.8 Å². The highest BCUT2D eigenvalue weighted by molar-refractivity contribution is 6.21. The van der Waals surface area contributed by atoms with Crippen LogP contribution in [0, 0.1) is 11.8 Å². The number of aliphatic carboxylic acids is 1. The molecule has 3 amide bonds. The lowest BCUT2D eigenvalue weighted by Crippen LogP contribution is -2.41. The Labute approximate surface area is 145 Å². The van der Waals surface area contributed by atoms with Crippen LogP contribution in [0.5, 0.6) is 0 Å². The van der Waals surface area contributed by atoms with Crippen molar-refractivity contribution < 1.29 is 24.3 Å². The number of carbonyl (C=O) groups is 4.